The zero-order chi connectivity index (χ0) is 20.5. The van der Waals surface area contributed by atoms with Gasteiger partial charge in [0.25, 0.3) is 0 Å². The minimum atomic E-state index is -5.87. The zero-order valence-corrected chi connectivity index (χ0v) is 16.2. The number of fused-ring (bicyclic) bond motifs is 1. The van der Waals surface area contributed by atoms with Gasteiger partial charge in [0.15, 0.2) is 5.76 Å². The van der Waals surface area contributed by atoms with Gasteiger partial charge in [0.1, 0.15) is 5.75 Å². The Morgan fingerprint density at radius 1 is 1.14 bits per heavy atom. The second kappa shape index (κ2) is 7.63. The maximum absolute atomic E-state index is 13.0. The van der Waals surface area contributed by atoms with Gasteiger partial charge < -0.3 is 8.92 Å². The molecule has 0 unspecified atom stereocenters. The van der Waals surface area contributed by atoms with Crippen LogP contribution in [-0.2, 0) is 20.7 Å². The molecule has 28 heavy (non-hydrogen) atoms. The number of pyridine rings is 1. The number of hydrogen-bond acceptors (Lipinski definition) is 5. The largest absolute Gasteiger partial charge is 0.534 e. The molecule has 1 aromatic heterocycles. The van der Waals surface area contributed by atoms with Gasteiger partial charge in [-0.05, 0) is 49.1 Å². The normalized spacial score (nSPS) is 15.0. The van der Waals surface area contributed by atoms with E-state index in [1.807, 2.05) is 0 Å². The van der Waals surface area contributed by atoms with Crippen LogP contribution in [0.25, 0.3) is 11.3 Å². The average Bonchev–Trinajstić information content (AvgIpc) is 2.80. The van der Waals surface area contributed by atoms with Crippen molar-refractivity contribution in [2.45, 2.75) is 24.8 Å². The second-order valence-corrected chi connectivity index (χ2v) is 7.97. The molecule has 0 bridgehead atoms. The first-order valence-corrected chi connectivity index (χ1v) is 9.93. The molecule has 1 aromatic carbocycles. The van der Waals surface area contributed by atoms with E-state index in [1.165, 1.54) is 37.7 Å². The molecule has 0 atom stereocenters. The smallest absolute Gasteiger partial charge is 0.497 e. The van der Waals surface area contributed by atoms with Gasteiger partial charge in [-0.25, -0.2) is 0 Å². The fourth-order valence-electron chi connectivity index (χ4n) is 2.99. The van der Waals surface area contributed by atoms with Crippen LogP contribution in [-0.4, -0.2) is 26.0 Å². The minimum Gasteiger partial charge on any atom is -0.497 e. The molecule has 3 rings (SSSR count). The van der Waals surface area contributed by atoms with Crippen LogP contribution in [0, 0.1) is 0 Å². The van der Waals surface area contributed by atoms with E-state index in [4.69, 9.17) is 16.3 Å². The molecule has 1 heterocycles. The highest BCUT2D eigenvalue weighted by Crippen LogP contribution is 2.42. The first kappa shape index (κ1) is 20.5. The lowest BCUT2D eigenvalue weighted by atomic mass is 9.99. The van der Waals surface area contributed by atoms with E-state index in [0.29, 0.717) is 29.7 Å². The number of benzene rings is 1. The van der Waals surface area contributed by atoms with Crippen LogP contribution in [0.1, 0.15) is 29.5 Å². The number of allylic oxidation sites excluding steroid dienone is 1. The van der Waals surface area contributed by atoms with E-state index in [9.17, 15) is 21.6 Å². The third kappa shape index (κ3) is 3.95. The van der Waals surface area contributed by atoms with Gasteiger partial charge in [0, 0.05) is 29.1 Å². The number of rotatable bonds is 4. The fraction of sp³-hybridized carbons (Fsp3) is 0.278. The van der Waals surface area contributed by atoms with E-state index in [1.54, 1.807) is 6.07 Å². The van der Waals surface area contributed by atoms with Crippen molar-refractivity contribution in [1.82, 2.24) is 4.98 Å². The summed E-state index contributed by atoms with van der Waals surface area (Å²) in [5.74, 6) is 0.114. The summed E-state index contributed by atoms with van der Waals surface area (Å²) >= 11 is 6.17. The van der Waals surface area contributed by atoms with E-state index >= 15 is 0 Å². The van der Waals surface area contributed by atoms with E-state index in [2.05, 4.69) is 9.17 Å². The predicted octanol–water partition coefficient (Wildman–Crippen LogP) is 4.81. The quantitative estimate of drug-likeness (QED) is 0.511. The van der Waals surface area contributed by atoms with Crippen LogP contribution in [0.15, 0.2) is 36.7 Å². The number of ether oxygens (including phenoxy) is 1. The van der Waals surface area contributed by atoms with Crippen LogP contribution in [0.4, 0.5) is 13.2 Å². The third-order valence-corrected chi connectivity index (χ3v) is 5.53. The Morgan fingerprint density at radius 3 is 2.54 bits per heavy atom. The van der Waals surface area contributed by atoms with Crippen LogP contribution in [0.3, 0.4) is 0 Å². The van der Waals surface area contributed by atoms with Crippen molar-refractivity contribution in [2.24, 2.45) is 0 Å². The summed E-state index contributed by atoms with van der Waals surface area (Å²) in [6, 6.07) is 6.17. The Morgan fingerprint density at radius 2 is 1.89 bits per heavy atom. The van der Waals surface area contributed by atoms with Gasteiger partial charge in [-0.1, -0.05) is 11.6 Å². The maximum Gasteiger partial charge on any atom is 0.534 e. The summed E-state index contributed by atoms with van der Waals surface area (Å²) < 4.78 is 72.4. The number of hydrogen-bond donors (Lipinski definition) is 0. The minimum absolute atomic E-state index is 0.181. The molecular weight excluding hydrogens is 419 g/mol. The Bertz CT molecular complexity index is 1040. The molecule has 0 N–H and O–H groups in total. The highest BCUT2D eigenvalue weighted by molar-refractivity contribution is 7.87. The third-order valence-electron chi connectivity index (χ3n) is 4.28. The topological polar surface area (TPSA) is 65.5 Å². The van der Waals surface area contributed by atoms with Crippen molar-refractivity contribution in [1.29, 1.82) is 0 Å². The summed E-state index contributed by atoms with van der Waals surface area (Å²) in [4.78, 5) is 3.86. The number of methoxy groups -OCH3 is 1. The average molecular weight is 434 g/mol. The predicted molar refractivity (Wildman–Crippen MR) is 98.1 cm³/mol. The molecular formula is C18H15ClF3NO4S. The molecule has 0 saturated carbocycles. The van der Waals surface area contributed by atoms with Crippen LogP contribution in [0.5, 0.6) is 5.75 Å². The Balaban J connectivity index is 2.27. The summed E-state index contributed by atoms with van der Waals surface area (Å²) in [5.41, 5.74) is -4.07. The molecule has 0 amide bonds. The SMILES string of the molecule is COc1ccc2c(c1)CCCC(c1ccncc1Cl)=C2OS(=O)(=O)C(F)(F)F. The van der Waals surface area contributed by atoms with E-state index in [-0.39, 0.29) is 28.3 Å². The molecule has 1 aliphatic carbocycles. The molecule has 2 aromatic rings. The Kier molecular flexibility index (Phi) is 5.58. The summed E-state index contributed by atoms with van der Waals surface area (Å²) in [6.45, 7) is 0. The first-order chi connectivity index (χ1) is 13.1. The molecule has 150 valence electrons. The van der Waals surface area contributed by atoms with Crippen molar-refractivity contribution in [3.8, 4) is 5.75 Å². The van der Waals surface area contributed by atoms with Gasteiger partial charge in [-0.2, -0.15) is 21.6 Å². The highest BCUT2D eigenvalue weighted by atomic mass is 35.5. The molecule has 0 radical (unpaired) electrons. The molecule has 10 heteroatoms. The highest BCUT2D eigenvalue weighted by Gasteiger charge is 2.49. The van der Waals surface area contributed by atoms with Crippen molar-refractivity contribution < 1.29 is 30.5 Å². The Hall–Kier alpha value is -2.26. The van der Waals surface area contributed by atoms with E-state index < -0.39 is 15.6 Å². The molecule has 0 fully saturated rings. The standard InChI is InChI=1S/C18H15ClF3NO4S/c1-26-12-5-6-13-11(9-12)3-2-4-15(14-7-8-23-10-16(14)19)17(13)27-28(24,25)18(20,21)22/h5-10H,2-4H2,1H3. The van der Waals surface area contributed by atoms with Gasteiger partial charge in [-0.15, -0.1) is 0 Å². The monoisotopic (exact) mass is 433 g/mol. The van der Waals surface area contributed by atoms with Gasteiger partial charge >= 0.3 is 15.6 Å². The molecule has 5 nitrogen and oxygen atoms in total. The molecule has 0 saturated heterocycles. The second-order valence-electron chi connectivity index (χ2n) is 6.02. The summed E-state index contributed by atoms with van der Waals surface area (Å²) in [5, 5.41) is 0.181. The fourth-order valence-corrected chi connectivity index (χ4v) is 3.72. The zero-order valence-electron chi connectivity index (χ0n) is 14.6. The molecule has 0 aliphatic heterocycles. The maximum atomic E-state index is 13.0. The van der Waals surface area contributed by atoms with Crippen molar-refractivity contribution in [3.05, 3.63) is 58.4 Å². The van der Waals surface area contributed by atoms with Crippen molar-refractivity contribution in [2.75, 3.05) is 7.11 Å². The summed E-state index contributed by atoms with van der Waals surface area (Å²) in [6.07, 6.45) is 4.07. The number of nitrogens with zero attached hydrogens (tertiary/aromatic N) is 1. The van der Waals surface area contributed by atoms with E-state index in [0.717, 1.165) is 0 Å². The van der Waals surface area contributed by atoms with Crippen molar-refractivity contribution in [3.63, 3.8) is 0 Å². The van der Waals surface area contributed by atoms with Crippen LogP contribution >= 0.6 is 11.6 Å². The molecule has 0 spiro atoms. The number of halogens is 4. The lowest BCUT2D eigenvalue weighted by molar-refractivity contribution is -0.0509. The van der Waals surface area contributed by atoms with Crippen molar-refractivity contribution >= 4 is 33.1 Å². The van der Waals surface area contributed by atoms with Gasteiger partial charge in [-0.3, -0.25) is 4.98 Å². The Labute approximate surface area is 164 Å². The number of alkyl halides is 3. The number of aryl methyl sites for hydroxylation is 1. The lowest BCUT2D eigenvalue weighted by Crippen LogP contribution is -2.25. The first-order valence-electron chi connectivity index (χ1n) is 8.15. The van der Waals surface area contributed by atoms with Gasteiger partial charge in [0.2, 0.25) is 0 Å². The van der Waals surface area contributed by atoms with Gasteiger partial charge in [0.05, 0.1) is 12.1 Å². The number of aromatic nitrogens is 1. The van der Waals surface area contributed by atoms with Crippen LogP contribution < -0.4 is 4.74 Å². The summed E-state index contributed by atoms with van der Waals surface area (Å²) in [7, 11) is -4.41. The molecule has 1 aliphatic rings. The van der Waals surface area contributed by atoms with Crippen LogP contribution in [0.2, 0.25) is 5.02 Å². The lowest BCUT2D eigenvalue weighted by Gasteiger charge is -2.18.